The van der Waals surface area contributed by atoms with Crippen LogP contribution in [0, 0.1) is 0 Å². The molecule has 3 N–H and O–H groups in total. The van der Waals surface area contributed by atoms with Gasteiger partial charge in [0.15, 0.2) is 0 Å². The number of nitrogens with zero attached hydrogens (tertiary/aromatic N) is 1. The van der Waals surface area contributed by atoms with Crippen molar-refractivity contribution in [1.82, 2.24) is 0 Å². The predicted octanol–water partition coefficient (Wildman–Crippen LogP) is 1.31. The summed E-state index contributed by atoms with van der Waals surface area (Å²) in [5.41, 5.74) is 6.55. The normalized spacial score (nSPS) is 12.1. The first-order valence-electron chi connectivity index (χ1n) is 5.36. The van der Waals surface area contributed by atoms with Crippen LogP contribution in [0.15, 0.2) is 30.3 Å². The Morgan fingerprint density at radius 2 is 2.06 bits per heavy atom. The van der Waals surface area contributed by atoms with Gasteiger partial charge in [-0.1, -0.05) is 18.2 Å². The van der Waals surface area contributed by atoms with Gasteiger partial charge in [-0.2, -0.15) is 0 Å². The molecule has 16 heavy (non-hydrogen) atoms. The topological polar surface area (TPSA) is 66.6 Å². The summed E-state index contributed by atoms with van der Waals surface area (Å²) >= 11 is 0. The Kier molecular flexibility index (Phi) is 4.79. The second-order valence-corrected chi connectivity index (χ2v) is 3.84. The molecule has 0 amide bonds. The van der Waals surface area contributed by atoms with Gasteiger partial charge in [0.05, 0.1) is 0 Å². The lowest BCUT2D eigenvalue weighted by molar-refractivity contribution is -0.138. The van der Waals surface area contributed by atoms with Gasteiger partial charge in [0.25, 0.3) is 0 Å². The van der Waals surface area contributed by atoms with Crippen molar-refractivity contribution in [3.8, 4) is 0 Å². The van der Waals surface area contributed by atoms with Crippen LogP contribution >= 0.6 is 0 Å². The van der Waals surface area contributed by atoms with Gasteiger partial charge in [-0.15, -0.1) is 0 Å². The van der Waals surface area contributed by atoms with Gasteiger partial charge in [0.2, 0.25) is 0 Å². The monoisotopic (exact) mass is 222 g/mol. The number of carboxylic acids is 1. The third kappa shape index (κ3) is 3.90. The largest absolute Gasteiger partial charge is 0.480 e. The minimum atomic E-state index is -0.928. The third-order valence-electron chi connectivity index (χ3n) is 2.52. The van der Waals surface area contributed by atoms with E-state index in [4.69, 9.17) is 10.8 Å². The maximum Gasteiger partial charge on any atom is 0.320 e. The van der Waals surface area contributed by atoms with E-state index in [1.165, 1.54) is 0 Å². The van der Waals surface area contributed by atoms with Gasteiger partial charge in [-0.25, -0.2) is 0 Å². The van der Waals surface area contributed by atoms with Gasteiger partial charge in [0, 0.05) is 19.3 Å². The zero-order valence-corrected chi connectivity index (χ0v) is 9.47. The Labute approximate surface area is 95.7 Å². The molecule has 0 aliphatic carbocycles. The molecule has 0 saturated heterocycles. The number of para-hydroxylation sites is 1. The first-order valence-corrected chi connectivity index (χ1v) is 5.36. The molecule has 88 valence electrons. The molecule has 0 heterocycles. The number of carboxylic acid groups (broad SMARTS) is 1. The fourth-order valence-electron chi connectivity index (χ4n) is 1.48. The average molecular weight is 222 g/mol. The molecular formula is C12H18N2O2. The van der Waals surface area contributed by atoms with Gasteiger partial charge in [0.1, 0.15) is 6.04 Å². The molecule has 1 aromatic rings. The van der Waals surface area contributed by atoms with Gasteiger partial charge in [-0.05, 0) is 25.0 Å². The van der Waals surface area contributed by atoms with Crippen LogP contribution in [0.4, 0.5) is 5.69 Å². The predicted molar refractivity (Wildman–Crippen MR) is 64.6 cm³/mol. The van der Waals surface area contributed by atoms with E-state index < -0.39 is 12.0 Å². The van der Waals surface area contributed by atoms with Crippen LogP contribution in [0.2, 0.25) is 0 Å². The van der Waals surface area contributed by atoms with Gasteiger partial charge < -0.3 is 15.7 Å². The number of nitrogens with two attached hydrogens (primary N) is 1. The fraction of sp³-hybridized carbons (Fsp3) is 0.417. The van der Waals surface area contributed by atoms with Crippen molar-refractivity contribution in [3.63, 3.8) is 0 Å². The van der Waals surface area contributed by atoms with E-state index >= 15 is 0 Å². The Hall–Kier alpha value is -1.55. The smallest absolute Gasteiger partial charge is 0.320 e. The lowest BCUT2D eigenvalue weighted by atomic mass is 10.1. The van der Waals surface area contributed by atoms with Crippen LogP contribution in [0.5, 0.6) is 0 Å². The Morgan fingerprint density at radius 1 is 1.44 bits per heavy atom. The zero-order valence-electron chi connectivity index (χ0n) is 9.47. The van der Waals surface area contributed by atoms with E-state index in [1.807, 2.05) is 37.4 Å². The minimum absolute atomic E-state index is 0.506. The molecule has 1 rings (SSSR count). The first-order chi connectivity index (χ1) is 7.61. The van der Waals surface area contributed by atoms with Crippen LogP contribution < -0.4 is 10.6 Å². The summed E-state index contributed by atoms with van der Waals surface area (Å²) in [5.74, 6) is -0.928. The number of anilines is 1. The maximum atomic E-state index is 10.5. The molecule has 0 spiro atoms. The second-order valence-electron chi connectivity index (χ2n) is 3.84. The standard InChI is InChI=1S/C12H18N2O2/c1-14(10-6-3-2-4-7-10)9-5-8-11(13)12(15)16/h2-4,6-7,11H,5,8-9,13H2,1H3,(H,15,16). The highest BCUT2D eigenvalue weighted by atomic mass is 16.4. The van der Waals surface area contributed by atoms with E-state index in [9.17, 15) is 4.79 Å². The van der Waals surface area contributed by atoms with Gasteiger partial charge >= 0.3 is 5.97 Å². The summed E-state index contributed by atoms with van der Waals surface area (Å²) in [4.78, 5) is 12.6. The molecule has 0 bridgehead atoms. The number of hydrogen-bond donors (Lipinski definition) is 2. The molecule has 0 fully saturated rings. The van der Waals surface area contributed by atoms with Crippen LogP contribution in [0.1, 0.15) is 12.8 Å². The van der Waals surface area contributed by atoms with Crippen molar-refractivity contribution >= 4 is 11.7 Å². The van der Waals surface area contributed by atoms with E-state index in [2.05, 4.69) is 4.90 Å². The first kappa shape index (κ1) is 12.5. The van der Waals surface area contributed by atoms with E-state index in [1.54, 1.807) is 0 Å². The highest BCUT2D eigenvalue weighted by Gasteiger charge is 2.10. The summed E-state index contributed by atoms with van der Waals surface area (Å²) in [7, 11) is 1.99. The quantitative estimate of drug-likeness (QED) is 0.761. The Bertz CT molecular complexity index is 327. The fourth-order valence-corrected chi connectivity index (χ4v) is 1.48. The summed E-state index contributed by atoms with van der Waals surface area (Å²) in [6.07, 6.45) is 1.28. The van der Waals surface area contributed by atoms with Crippen molar-refractivity contribution < 1.29 is 9.90 Å². The molecule has 0 saturated carbocycles. The number of hydrogen-bond acceptors (Lipinski definition) is 3. The summed E-state index contributed by atoms with van der Waals surface area (Å²) in [6, 6.07) is 9.24. The Balaban J connectivity index is 2.31. The van der Waals surface area contributed by atoms with Crippen molar-refractivity contribution in [2.24, 2.45) is 5.73 Å². The number of carbonyl (C=O) groups is 1. The lowest BCUT2D eigenvalue weighted by Crippen LogP contribution is -2.31. The molecule has 0 radical (unpaired) electrons. The van der Waals surface area contributed by atoms with Gasteiger partial charge in [-0.3, -0.25) is 4.79 Å². The van der Waals surface area contributed by atoms with E-state index in [-0.39, 0.29) is 0 Å². The molecule has 4 nitrogen and oxygen atoms in total. The Morgan fingerprint density at radius 3 is 2.62 bits per heavy atom. The van der Waals surface area contributed by atoms with Crippen LogP contribution in [0.3, 0.4) is 0 Å². The maximum absolute atomic E-state index is 10.5. The number of rotatable bonds is 6. The van der Waals surface area contributed by atoms with E-state index in [0.29, 0.717) is 6.42 Å². The molecule has 0 aliphatic rings. The summed E-state index contributed by atoms with van der Waals surface area (Å²) in [6.45, 7) is 0.811. The zero-order chi connectivity index (χ0) is 12.0. The SMILES string of the molecule is CN(CCCC(N)C(=O)O)c1ccccc1. The van der Waals surface area contributed by atoms with Crippen molar-refractivity contribution in [2.45, 2.75) is 18.9 Å². The van der Waals surface area contributed by atoms with E-state index in [0.717, 1.165) is 18.7 Å². The average Bonchev–Trinajstić information content (AvgIpc) is 2.29. The molecule has 0 aromatic heterocycles. The van der Waals surface area contributed by atoms with Crippen molar-refractivity contribution in [1.29, 1.82) is 0 Å². The summed E-state index contributed by atoms with van der Waals surface area (Å²) in [5, 5.41) is 8.63. The molecule has 1 atom stereocenters. The van der Waals surface area contributed by atoms with Crippen LogP contribution in [-0.4, -0.2) is 30.7 Å². The lowest BCUT2D eigenvalue weighted by Gasteiger charge is -2.19. The van der Waals surface area contributed by atoms with Crippen molar-refractivity contribution in [2.75, 3.05) is 18.5 Å². The second kappa shape index (κ2) is 6.12. The molecular weight excluding hydrogens is 204 g/mol. The third-order valence-corrected chi connectivity index (χ3v) is 2.52. The number of benzene rings is 1. The van der Waals surface area contributed by atoms with Crippen LogP contribution in [-0.2, 0) is 4.79 Å². The highest BCUT2D eigenvalue weighted by molar-refractivity contribution is 5.72. The van der Waals surface area contributed by atoms with Crippen LogP contribution in [0.25, 0.3) is 0 Å². The molecule has 4 heteroatoms. The minimum Gasteiger partial charge on any atom is -0.480 e. The summed E-state index contributed by atoms with van der Waals surface area (Å²) < 4.78 is 0. The molecule has 1 unspecified atom stereocenters. The van der Waals surface area contributed by atoms with Crippen molar-refractivity contribution in [3.05, 3.63) is 30.3 Å². The highest BCUT2D eigenvalue weighted by Crippen LogP contribution is 2.11. The molecule has 1 aromatic carbocycles. The molecule has 0 aliphatic heterocycles. The number of aliphatic carboxylic acids is 1.